The molecule has 0 saturated heterocycles. The molecule has 1 amide bonds. The minimum absolute atomic E-state index is 0.113. The second-order valence-electron chi connectivity index (χ2n) is 4.88. The first kappa shape index (κ1) is 14.9. The number of hydrogen-bond donors (Lipinski definition) is 2. The highest BCUT2D eigenvalue weighted by Gasteiger charge is 2.09. The SMILES string of the molecule is Cc1ccc(Cl)c(NC(=O)CSc2nc3ccccc3[nH]2)c1. The molecule has 2 N–H and O–H groups in total. The number of imidazole rings is 1. The number of para-hydroxylation sites is 2. The lowest BCUT2D eigenvalue weighted by atomic mass is 10.2. The summed E-state index contributed by atoms with van der Waals surface area (Å²) in [6.45, 7) is 1.95. The van der Waals surface area contributed by atoms with Crippen molar-refractivity contribution in [2.45, 2.75) is 12.1 Å². The summed E-state index contributed by atoms with van der Waals surface area (Å²) in [7, 11) is 0. The highest BCUT2D eigenvalue weighted by atomic mass is 35.5. The second-order valence-corrected chi connectivity index (χ2v) is 6.25. The molecule has 0 fully saturated rings. The van der Waals surface area contributed by atoms with Gasteiger partial charge in [0.15, 0.2) is 5.16 Å². The highest BCUT2D eigenvalue weighted by molar-refractivity contribution is 7.99. The van der Waals surface area contributed by atoms with Crippen LogP contribution >= 0.6 is 23.4 Å². The Morgan fingerprint density at radius 3 is 2.95 bits per heavy atom. The first-order valence-corrected chi connectivity index (χ1v) is 8.12. The van der Waals surface area contributed by atoms with E-state index in [4.69, 9.17) is 11.6 Å². The molecule has 0 aliphatic heterocycles. The Bertz CT molecular complexity index is 798. The van der Waals surface area contributed by atoms with Crippen LogP contribution in [0.15, 0.2) is 47.6 Å². The number of aromatic nitrogens is 2. The maximum atomic E-state index is 12.0. The first-order chi connectivity index (χ1) is 10.6. The van der Waals surface area contributed by atoms with E-state index in [9.17, 15) is 4.79 Å². The lowest BCUT2D eigenvalue weighted by molar-refractivity contribution is -0.113. The summed E-state index contributed by atoms with van der Waals surface area (Å²) in [5, 5.41) is 4.08. The van der Waals surface area contributed by atoms with Gasteiger partial charge in [0, 0.05) is 0 Å². The van der Waals surface area contributed by atoms with Crippen molar-refractivity contribution in [3.63, 3.8) is 0 Å². The van der Waals surface area contributed by atoms with Crippen LogP contribution < -0.4 is 5.32 Å². The fraction of sp³-hybridized carbons (Fsp3) is 0.125. The quantitative estimate of drug-likeness (QED) is 0.702. The smallest absolute Gasteiger partial charge is 0.234 e. The Kier molecular flexibility index (Phi) is 4.36. The maximum Gasteiger partial charge on any atom is 0.234 e. The lowest BCUT2D eigenvalue weighted by Gasteiger charge is -2.07. The molecule has 4 nitrogen and oxygen atoms in total. The van der Waals surface area contributed by atoms with Crippen molar-refractivity contribution in [1.82, 2.24) is 9.97 Å². The molecule has 2 aromatic carbocycles. The Hall–Kier alpha value is -1.98. The van der Waals surface area contributed by atoms with Gasteiger partial charge in [-0.2, -0.15) is 0 Å². The number of carbonyl (C=O) groups excluding carboxylic acids is 1. The number of anilines is 1. The number of fused-ring (bicyclic) bond motifs is 1. The number of H-pyrrole nitrogens is 1. The molecular formula is C16H14ClN3OS. The molecule has 22 heavy (non-hydrogen) atoms. The Morgan fingerprint density at radius 2 is 2.14 bits per heavy atom. The van der Waals surface area contributed by atoms with Crippen LogP contribution in [0.2, 0.25) is 5.02 Å². The highest BCUT2D eigenvalue weighted by Crippen LogP contribution is 2.24. The molecule has 0 unspecified atom stereocenters. The van der Waals surface area contributed by atoms with Crippen LogP contribution in [0.4, 0.5) is 5.69 Å². The Labute approximate surface area is 137 Å². The second kappa shape index (κ2) is 6.42. The summed E-state index contributed by atoms with van der Waals surface area (Å²) in [6.07, 6.45) is 0. The average Bonchev–Trinajstić information content (AvgIpc) is 2.92. The van der Waals surface area contributed by atoms with Gasteiger partial charge in [0.25, 0.3) is 0 Å². The number of nitrogens with one attached hydrogen (secondary N) is 2. The van der Waals surface area contributed by atoms with Crippen LogP contribution in [0.1, 0.15) is 5.56 Å². The van der Waals surface area contributed by atoms with Crippen molar-refractivity contribution in [2.75, 3.05) is 11.1 Å². The number of thioether (sulfide) groups is 1. The normalized spacial score (nSPS) is 10.8. The van der Waals surface area contributed by atoms with Gasteiger partial charge in [0.2, 0.25) is 5.91 Å². The third kappa shape index (κ3) is 3.43. The number of carbonyl (C=O) groups is 1. The van der Waals surface area contributed by atoms with E-state index in [0.29, 0.717) is 10.7 Å². The number of halogens is 1. The average molecular weight is 332 g/mol. The predicted molar refractivity (Wildman–Crippen MR) is 91.6 cm³/mol. The van der Waals surface area contributed by atoms with Crippen LogP contribution in [-0.4, -0.2) is 21.6 Å². The largest absolute Gasteiger partial charge is 0.333 e. The molecule has 1 aromatic heterocycles. The number of amides is 1. The van der Waals surface area contributed by atoms with Crippen LogP contribution in [0, 0.1) is 6.92 Å². The predicted octanol–water partition coefficient (Wildman–Crippen LogP) is 4.26. The van der Waals surface area contributed by atoms with E-state index in [2.05, 4.69) is 15.3 Å². The van der Waals surface area contributed by atoms with Gasteiger partial charge in [-0.05, 0) is 36.8 Å². The van der Waals surface area contributed by atoms with Crippen LogP contribution in [-0.2, 0) is 4.79 Å². The van der Waals surface area contributed by atoms with Crippen molar-refractivity contribution in [2.24, 2.45) is 0 Å². The molecule has 0 radical (unpaired) electrons. The molecule has 3 aromatic rings. The van der Waals surface area contributed by atoms with Gasteiger partial charge in [-0.1, -0.05) is 41.6 Å². The zero-order chi connectivity index (χ0) is 15.5. The van der Waals surface area contributed by atoms with Gasteiger partial charge in [0.1, 0.15) is 0 Å². The topological polar surface area (TPSA) is 57.8 Å². The molecule has 0 aliphatic rings. The number of aromatic amines is 1. The van der Waals surface area contributed by atoms with Gasteiger partial charge in [-0.25, -0.2) is 4.98 Å². The van der Waals surface area contributed by atoms with Gasteiger partial charge < -0.3 is 10.3 Å². The molecule has 0 saturated carbocycles. The molecule has 112 valence electrons. The van der Waals surface area contributed by atoms with Crippen molar-refractivity contribution in [1.29, 1.82) is 0 Å². The Balaban J connectivity index is 1.63. The zero-order valence-electron chi connectivity index (χ0n) is 11.9. The molecule has 6 heteroatoms. The van der Waals surface area contributed by atoms with Crippen LogP contribution in [0.5, 0.6) is 0 Å². The molecule has 3 rings (SSSR count). The van der Waals surface area contributed by atoms with Crippen molar-refractivity contribution >= 4 is 46.0 Å². The summed E-state index contributed by atoms with van der Waals surface area (Å²) < 4.78 is 0. The van der Waals surface area contributed by atoms with Gasteiger partial charge in [-0.15, -0.1) is 0 Å². The third-order valence-corrected chi connectivity index (χ3v) is 4.31. The van der Waals surface area contributed by atoms with Crippen molar-refractivity contribution in [3.05, 3.63) is 53.1 Å². The maximum absolute atomic E-state index is 12.0. The monoisotopic (exact) mass is 331 g/mol. The number of hydrogen-bond acceptors (Lipinski definition) is 3. The number of benzene rings is 2. The summed E-state index contributed by atoms with van der Waals surface area (Å²) in [4.78, 5) is 19.6. The number of rotatable bonds is 4. The molecule has 1 heterocycles. The number of nitrogens with zero attached hydrogens (tertiary/aromatic N) is 1. The van der Waals surface area contributed by atoms with Crippen molar-refractivity contribution < 1.29 is 4.79 Å². The summed E-state index contributed by atoms with van der Waals surface area (Å²) in [6, 6.07) is 13.3. The zero-order valence-corrected chi connectivity index (χ0v) is 13.5. The van der Waals surface area contributed by atoms with E-state index >= 15 is 0 Å². The van der Waals surface area contributed by atoms with Gasteiger partial charge in [-0.3, -0.25) is 4.79 Å². The summed E-state index contributed by atoms with van der Waals surface area (Å²) >= 11 is 7.43. The standard InChI is InChI=1S/C16H14ClN3OS/c1-10-6-7-11(17)14(8-10)18-15(21)9-22-16-19-12-4-2-3-5-13(12)20-16/h2-8H,9H2,1H3,(H,18,21)(H,19,20). The Morgan fingerprint density at radius 1 is 1.32 bits per heavy atom. The summed E-state index contributed by atoms with van der Waals surface area (Å²) in [5.41, 5.74) is 3.54. The third-order valence-electron chi connectivity index (χ3n) is 3.10. The van der Waals surface area contributed by atoms with E-state index in [-0.39, 0.29) is 11.7 Å². The van der Waals surface area contributed by atoms with Gasteiger partial charge >= 0.3 is 0 Å². The lowest BCUT2D eigenvalue weighted by Crippen LogP contribution is -2.14. The molecule has 0 bridgehead atoms. The van der Waals surface area contributed by atoms with E-state index in [1.54, 1.807) is 6.07 Å². The van der Waals surface area contributed by atoms with E-state index in [1.807, 2.05) is 43.3 Å². The van der Waals surface area contributed by atoms with E-state index < -0.39 is 0 Å². The van der Waals surface area contributed by atoms with E-state index in [1.165, 1.54) is 11.8 Å². The number of aryl methyl sites for hydroxylation is 1. The molecular weight excluding hydrogens is 318 g/mol. The minimum Gasteiger partial charge on any atom is -0.333 e. The fourth-order valence-corrected chi connectivity index (χ4v) is 2.90. The van der Waals surface area contributed by atoms with E-state index in [0.717, 1.165) is 21.8 Å². The molecule has 0 spiro atoms. The minimum atomic E-state index is -0.113. The molecule has 0 aliphatic carbocycles. The van der Waals surface area contributed by atoms with Gasteiger partial charge in [0.05, 0.1) is 27.5 Å². The van der Waals surface area contributed by atoms with Crippen LogP contribution in [0.25, 0.3) is 11.0 Å². The summed E-state index contributed by atoms with van der Waals surface area (Å²) in [5.74, 6) is 0.155. The first-order valence-electron chi connectivity index (χ1n) is 6.75. The molecule has 0 atom stereocenters. The van der Waals surface area contributed by atoms with Crippen LogP contribution in [0.3, 0.4) is 0 Å². The van der Waals surface area contributed by atoms with Crippen molar-refractivity contribution in [3.8, 4) is 0 Å². The fourth-order valence-electron chi connectivity index (χ4n) is 2.05.